The van der Waals surface area contributed by atoms with E-state index >= 15 is 0 Å². The predicted octanol–water partition coefficient (Wildman–Crippen LogP) is 3.45. The lowest BCUT2D eigenvalue weighted by atomic mass is 10.3. The average molecular weight is 373 g/mol. The zero-order chi connectivity index (χ0) is 15.4. The van der Waals surface area contributed by atoms with Gasteiger partial charge >= 0.3 is 0 Å². The first-order chi connectivity index (χ1) is 10.1. The smallest absolute Gasteiger partial charge is 0.242 e. The fraction of sp³-hybridized carbons (Fsp3) is 0.467. The van der Waals surface area contributed by atoms with Crippen molar-refractivity contribution >= 4 is 44.5 Å². The van der Waals surface area contributed by atoms with Crippen molar-refractivity contribution in [2.24, 2.45) is 0 Å². The van der Waals surface area contributed by atoms with Gasteiger partial charge in [-0.15, -0.1) is 11.6 Å². The molecule has 21 heavy (non-hydrogen) atoms. The third kappa shape index (κ3) is 3.58. The molecule has 0 aliphatic rings. The molecule has 0 bridgehead atoms. The van der Waals surface area contributed by atoms with Crippen LogP contribution in [0.2, 0.25) is 0 Å². The summed E-state index contributed by atoms with van der Waals surface area (Å²) in [7, 11) is 0. The van der Waals surface area contributed by atoms with Crippen LogP contribution in [-0.4, -0.2) is 39.3 Å². The summed E-state index contributed by atoms with van der Waals surface area (Å²) in [5, 5.41) is 0. The van der Waals surface area contributed by atoms with Gasteiger partial charge in [0, 0.05) is 29.9 Å². The Kier molecular flexibility index (Phi) is 5.65. The fourth-order valence-corrected chi connectivity index (χ4v) is 2.93. The van der Waals surface area contributed by atoms with Crippen LogP contribution in [0.25, 0.3) is 11.0 Å². The van der Waals surface area contributed by atoms with E-state index in [1.165, 1.54) is 0 Å². The van der Waals surface area contributed by atoms with Crippen LogP contribution in [0.4, 0.5) is 0 Å². The summed E-state index contributed by atoms with van der Waals surface area (Å²) < 4.78 is 2.96. The molecule has 0 unspecified atom stereocenters. The summed E-state index contributed by atoms with van der Waals surface area (Å²) >= 11 is 9.31. The first-order valence-corrected chi connectivity index (χ1v) is 8.41. The van der Waals surface area contributed by atoms with Crippen LogP contribution >= 0.6 is 27.5 Å². The van der Waals surface area contributed by atoms with Crippen LogP contribution in [0, 0.1) is 0 Å². The maximum Gasteiger partial charge on any atom is 0.242 e. The number of amides is 1. The van der Waals surface area contributed by atoms with Crippen molar-refractivity contribution in [3.8, 4) is 0 Å². The molecule has 1 aromatic heterocycles. The van der Waals surface area contributed by atoms with Crippen LogP contribution < -0.4 is 0 Å². The first kappa shape index (κ1) is 16.3. The highest BCUT2D eigenvalue weighted by atomic mass is 79.9. The fourth-order valence-electron chi connectivity index (χ4n) is 2.42. The van der Waals surface area contributed by atoms with Gasteiger partial charge in [-0.2, -0.15) is 0 Å². The van der Waals surface area contributed by atoms with Crippen molar-refractivity contribution in [3.63, 3.8) is 0 Å². The number of benzene rings is 1. The number of carbonyl (C=O) groups excluding carboxylic acids is 1. The van der Waals surface area contributed by atoms with Crippen LogP contribution in [0.15, 0.2) is 22.7 Å². The minimum Gasteiger partial charge on any atom is -0.342 e. The number of hydrogen-bond donors (Lipinski definition) is 0. The quantitative estimate of drug-likeness (QED) is 0.728. The van der Waals surface area contributed by atoms with Gasteiger partial charge < -0.3 is 9.47 Å². The van der Waals surface area contributed by atoms with Gasteiger partial charge in [-0.25, -0.2) is 4.98 Å². The maximum atomic E-state index is 12.4. The second kappa shape index (κ2) is 7.27. The second-order valence-corrected chi connectivity index (χ2v) is 6.05. The van der Waals surface area contributed by atoms with E-state index in [1.807, 2.05) is 41.5 Å². The third-order valence-electron chi connectivity index (χ3n) is 3.52. The summed E-state index contributed by atoms with van der Waals surface area (Å²) in [5.74, 6) is 1.46. The Balaban J connectivity index is 2.40. The summed E-state index contributed by atoms with van der Waals surface area (Å²) in [6, 6.07) is 5.91. The van der Waals surface area contributed by atoms with E-state index in [9.17, 15) is 4.79 Å². The number of imidazole rings is 1. The minimum atomic E-state index is 0.109. The number of hydrogen-bond acceptors (Lipinski definition) is 2. The number of halogens is 2. The molecule has 1 heterocycles. The highest BCUT2D eigenvalue weighted by Crippen LogP contribution is 2.21. The van der Waals surface area contributed by atoms with E-state index in [4.69, 9.17) is 11.6 Å². The lowest BCUT2D eigenvalue weighted by Crippen LogP contribution is -2.33. The largest absolute Gasteiger partial charge is 0.342 e. The van der Waals surface area contributed by atoms with Crippen LogP contribution in [-0.2, 0) is 17.8 Å². The molecular formula is C15H19BrClN3O. The molecule has 4 nitrogen and oxygen atoms in total. The van der Waals surface area contributed by atoms with Gasteiger partial charge in [0.1, 0.15) is 12.4 Å². The number of alkyl halides is 1. The summed E-state index contributed by atoms with van der Waals surface area (Å²) in [4.78, 5) is 18.8. The van der Waals surface area contributed by atoms with Crippen LogP contribution in [0.3, 0.4) is 0 Å². The van der Waals surface area contributed by atoms with Gasteiger partial charge in [-0.05, 0) is 32.0 Å². The average Bonchev–Trinajstić information content (AvgIpc) is 2.77. The number of nitrogens with zero attached hydrogens (tertiary/aromatic N) is 3. The molecule has 0 spiro atoms. The van der Waals surface area contributed by atoms with Gasteiger partial charge in [0.2, 0.25) is 5.91 Å². The van der Waals surface area contributed by atoms with Crippen molar-refractivity contribution < 1.29 is 4.79 Å². The molecule has 0 radical (unpaired) electrons. The normalized spacial score (nSPS) is 11.0. The Hall–Kier alpha value is -1.07. The number of carbonyl (C=O) groups is 1. The molecule has 2 aromatic rings. The lowest BCUT2D eigenvalue weighted by molar-refractivity contribution is -0.131. The zero-order valence-electron chi connectivity index (χ0n) is 12.3. The van der Waals surface area contributed by atoms with Gasteiger partial charge in [-0.1, -0.05) is 15.9 Å². The molecule has 0 atom stereocenters. The van der Waals surface area contributed by atoms with E-state index < -0.39 is 0 Å². The zero-order valence-corrected chi connectivity index (χ0v) is 14.6. The predicted molar refractivity (Wildman–Crippen MR) is 89.8 cm³/mol. The monoisotopic (exact) mass is 371 g/mol. The highest BCUT2D eigenvalue weighted by Gasteiger charge is 2.16. The van der Waals surface area contributed by atoms with Crippen molar-refractivity contribution in [3.05, 3.63) is 28.5 Å². The molecule has 6 heteroatoms. The summed E-state index contributed by atoms with van der Waals surface area (Å²) in [5.41, 5.74) is 1.86. The summed E-state index contributed by atoms with van der Waals surface area (Å²) in [6.07, 6.45) is 0.652. The van der Waals surface area contributed by atoms with Gasteiger partial charge in [0.05, 0.1) is 11.0 Å². The Morgan fingerprint density at radius 1 is 1.38 bits per heavy atom. The third-order valence-corrected chi connectivity index (χ3v) is 4.20. The van der Waals surface area contributed by atoms with Crippen LogP contribution in [0.1, 0.15) is 19.7 Å². The van der Waals surface area contributed by atoms with Crippen LogP contribution in [0.5, 0.6) is 0 Å². The lowest BCUT2D eigenvalue weighted by Gasteiger charge is -2.19. The first-order valence-electron chi connectivity index (χ1n) is 7.09. The Morgan fingerprint density at radius 2 is 2.10 bits per heavy atom. The number of fused-ring (bicyclic) bond motifs is 1. The molecule has 1 aromatic carbocycles. The number of rotatable bonds is 6. The van der Waals surface area contributed by atoms with E-state index in [1.54, 1.807) is 0 Å². The van der Waals surface area contributed by atoms with E-state index in [2.05, 4.69) is 20.9 Å². The van der Waals surface area contributed by atoms with E-state index in [0.717, 1.165) is 34.4 Å². The van der Waals surface area contributed by atoms with Crippen molar-refractivity contribution in [2.45, 2.75) is 26.8 Å². The van der Waals surface area contributed by atoms with Crippen molar-refractivity contribution in [1.82, 2.24) is 14.5 Å². The van der Waals surface area contributed by atoms with Gasteiger partial charge in [0.15, 0.2) is 0 Å². The molecule has 0 fully saturated rings. The Morgan fingerprint density at radius 3 is 2.71 bits per heavy atom. The van der Waals surface area contributed by atoms with Crippen molar-refractivity contribution in [2.75, 3.05) is 19.0 Å². The minimum absolute atomic E-state index is 0.109. The molecule has 0 aliphatic carbocycles. The molecule has 0 aliphatic heterocycles. The van der Waals surface area contributed by atoms with Gasteiger partial charge in [-0.3, -0.25) is 4.79 Å². The Labute approximate surface area is 138 Å². The SMILES string of the molecule is CCN(CC)C(=O)Cn1c(CCCl)nc2cc(Br)ccc21. The molecule has 0 N–H and O–H groups in total. The molecule has 0 saturated heterocycles. The van der Waals surface area contributed by atoms with E-state index in [-0.39, 0.29) is 5.91 Å². The topological polar surface area (TPSA) is 38.1 Å². The number of aromatic nitrogens is 2. The summed E-state index contributed by atoms with van der Waals surface area (Å²) in [6.45, 7) is 5.73. The number of likely N-dealkylation sites (N-methyl/N-ethyl adjacent to an activating group) is 1. The molecular weight excluding hydrogens is 354 g/mol. The maximum absolute atomic E-state index is 12.4. The van der Waals surface area contributed by atoms with Crippen molar-refractivity contribution in [1.29, 1.82) is 0 Å². The molecule has 114 valence electrons. The van der Waals surface area contributed by atoms with E-state index in [0.29, 0.717) is 18.8 Å². The highest BCUT2D eigenvalue weighted by molar-refractivity contribution is 9.10. The molecule has 0 saturated carbocycles. The molecule has 2 rings (SSSR count). The Bertz CT molecular complexity index is 637. The molecule has 1 amide bonds. The second-order valence-electron chi connectivity index (χ2n) is 4.75. The van der Waals surface area contributed by atoms with Gasteiger partial charge in [0.25, 0.3) is 0 Å². The number of aryl methyl sites for hydroxylation is 1. The standard InChI is InChI=1S/C15H19BrClN3O/c1-3-19(4-2)15(21)10-20-13-6-5-11(16)9-12(13)18-14(20)7-8-17/h5-6,9H,3-4,7-8,10H2,1-2H3.